The second kappa shape index (κ2) is 4.34. The fourth-order valence-corrected chi connectivity index (χ4v) is 1.49. The predicted molar refractivity (Wildman–Crippen MR) is 66.1 cm³/mol. The van der Waals surface area contributed by atoms with Crippen LogP contribution >= 0.6 is 0 Å². The number of nitrogens with zero attached hydrogens (tertiary/aromatic N) is 3. The molecule has 17 heavy (non-hydrogen) atoms. The first-order valence-electron chi connectivity index (χ1n) is 5.44. The van der Waals surface area contributed by atoms with E-state index in [2.05, 4.69) is 16.3 Å². The Morgan fingerprint density at radius 3 is 2.24 bits per heavy atom. The summed E-state index contributed by atoms with van der Waals surface area (Å²) < 4.78 is 0. The SMILES string of the molecule is CC(C)(C#N)c1ccc(-c2ccccc2)nn1. The quantitative estimate of drug-likeness (QED) is 0.786. The van der Waals surface area contributed by atoms with Crippen LogP contribution in [0, 0.1) is 11.3 Å². The van der Waals surface area contributed by atoms with Crippen molar-refractivity contribution in [2.45, 2.75) is 19.3 Å². The number of rotatable bonds is 2. The summed E-state index contributed by atoms with van der Waals surface area (Å²) in [5.41, 5.74) is 1.95. The Morgan fingerprint density at radius 2 is 1.71 bits per heavy atom. The number of benzene rings is 1. The van der Waals surface area contributed by atoms with Crippen molar-refractivity contribution >= 4 is 0 Å². The van der Waals surface area contributed by atoms with E-state index in [1.54, 1.807) is 0 Å². The van der Waals surface area contributed by atoms with Crippen molar-refractivity contribution in [2.24, 2.45) is 0 Å². The lowest BCUT2D eigenvalue weighted by atomic mass is 9.91. The van der Waals surface area contributed by atoms with E-state index in [1.807, 2.05) is 56.3 Å². The van der Waals surface area contributed by atoms with Gasteiger partial charge in [-0.05, 0) is 26.0 Å². The average molecular weight is 223 g/mol. The van der Waals surface area contributed by atoms with E-state index in [9.17, 15) is 0 Å². The number of aromatic nitrogens is 2. The van der Waals surface area contributed by atoms with Gasteiger partial charge < -0.3 is 0 Å². The molecule has 0 fully saturated rings. The van der Waals surface area contributed by atoms with E-state index >= 15 is 0 Å². The van der Waals surface area contributed by atoms with Gasteiger partial charge in [-0.1, -0.05) is 30.3 Å². The molecule has 0 saturated heterocycles. The molecule has 0 N–H and O–H groups in total. The second-order valence-electron chi connectivity index (χ2n) is 4.41. The summed E-state index contributed by atoms with van der Waals surface area (Å²) >= 11 is 0. The molecule has 3 heteroatoms. The summed E-state index contributed by atoms with van der Waals surface area (Å²) in [7, 11) is 0. The second-order valence-corrected chi connectivity index (χ2v) is 4.41. The highest BCUT2D eigenvalue weighted by atomic mass is 15.1. The Morgan fingerprint density at radius 1 is 1.00 bits per heavy atom. The van der Waals surface area contributed by atoms with E-state index in [4.69, 9.17) is 5.26 Å². The molecule has 0 aliphatic heterocycles. The summed E-state index contributed by atoms with van der Waals surface area (Å²) in [5.74, 6) is 0. The zero-order valence-electron chi connectivity index (χ0n) is 9.88. The molecular weight excluding hydrogens is 210 g/mol. The fourth-order valence-electron chi connectivity index (χ4n) is 1.49. The lowest BCUT2D eigenvalue weighted by Gasteiger charge is -2.13. The van der Waals surface area contributed by atoms with E-state index in [0.717, 1.165) is 11.3 Å². The van der Waals surface area contributed by atoms with Crippen molar-refractivity contribution in [3.8, 4) is 17.3 Å². The normalized spacial score (nSPS) is 10.9. The maximum absolute atomic E-state index is 9.02. The maximum Gasteiger partial charge on any atom is 0.0955 e. The van der Waals surface area contributed by atoms with Crippen molar-refractivity contribution in [3.05, 3.63) is 48.2 Å². The number of hydrogen-bond acceptors (Lipinski definition) is 3. The standard InChI is InChI=1S/C14H13N3/c1-14(2,10-15)13-9-8-12(16-17-13)11-6-4-3-5-7-11/h3-9H,1-2H3. The first-order valence-corrected chi connectivity index (χ1v) is 5.44. The molecular formula is C14H13N3. The molecule has 0 aliphatic rings. The highest BCUT2D eigenvalue weighted by Crippen LogP contribution is 2.21. The van der Waals surface area contributed by atoms with Crippen LogP contribution in [0.5, 0.6) is 0 Å². The molecule has 2 aromatic rings. The minimum atomic E-state index is -0.595. The van der Waals surface area contributed by atoms with E-state index < -0.39 is 5.41 Å². The summed E-state index contributed by atoms with van der Waals surface area (Å²) in [5, 5.41) is 17.3. The maximum atomic E-state index is 9.02. The van der Waals surface area contributed by atoms with E-state index in [-0.39, 0.29) is 0 Å². The highest BCUT2D eigenvalue weighted by Gasteiger charge is 2.21. The summed E-state index contributed by atoms with van der Waals surface area (Å²) in [6.07, 6.45) is 0. The minimum Gasteiger partial charge on any atom is -0.197 e. The fraction of sp³-hybridized carbons (Fsp3) is 0.214. The molecule has 0 spiro atoms. The van der Waals surface area contributed by atoms with Crippen LogP contribution in [0.4, 0.5) is 0 Å². The van der Waals surface area contributed by atoms with Crippen molar-refractivity contribution in [3.63, 3.8) is 0 Å². The predicted octanol–water partition coefficient (Wildman–Crippen LogP) is 2.94. The van der Waals surface area contributed by atoms with Crippen LogP contribution in [-0.4, -0.2) is 10.2 Å². The Kier molecular flexibility index (Phi) is 2.88. The molecule has 0 amide bonds. The number of hydrogen-bond donors (Lipinski definition) is 0. The van der Waals surface area contributed by atoms with Crippen LogP contribution < -0.4 is 0 Å². The largest absolute Gasteiger partial charge is 0.197 e. The lowest BCUT2D eigenvalue weighted by Crippen LogP contribution is -2.16. The highest BCUT2D eigenvalue weighted by molar-refractivity contribution is 5.58. The Labute approximate surface area is 101 Å². The third kappa shape index (κ3) is 2.31. The Bertz CT molecular complexity index is 536. The molecule has 2 rings (SSSR count). The van der Waals surface area contributed by atoms with Gasteiger partial charge in [0.2, 0.25) is 0 Å². The van der Waals surface area contributed by atoms with Crippen molar-refractivity contribution < 1.29 is 0 Å². The summed E-state index contributed by atoms with van der Waals surface area (Å²) in [6, 6.07) is 15.8. The van der Waals surface area contributed by atoms with Crippen LogP contribution in [0.15, 0.2) is 42.5 Å². The van der Waals surface area contributed by atoms with Crippen LogP contribution in [0.3, 0.4) is 0 Å². The molecule has 0 aliphatic carbocycles. The van der Waals surface area contributed by atoms with Gasteiger partial charge in [-0.25, -0.2) is 0 Å². The van der Waals surface area contributed by atoms with Gasteiger partial charge in [-0.3, -0.25) is 0 Å². The Balaban J connectivity index is 2.35. The molecule has 0 unspecified atom stereocenters. The first-order chi connectivity index (χ1) is 8.13. The van der Waals surface area contributed by atoms with Gasteiger partial charge in [0.15, 0.2) is 0 Å². The molecule has 84 valence electrons. The molecule has 1 heterocycles. The van der Waals surface area contributed by atoms with Gasteiger partial charge in [-0.2, -0.15) is 15.5 Å². The van der Waals surface area contributed by atoms with Crippen LogP contribution in [0.25, 0.3) is 11.3 Å². The topological polar surface area (TPSA) is 49.6 Å². The zero-order valence-corrected chi connectivity index (χ0v) is 9.88. The minimum absolute atomic E-state index is 0.595. The molecule has 0 saturated carbocycles. The zero-order chi connectivity index (χ0) is 12.3. The van der Waals surface area contributed by atoms with Gasteiger partial charge in [0.05, 0.1) is 22.9 Å². The summed E-state index contributed by atoms with van der Waals surface area (Å²) in [4.78, 5) is 0. The molecule has 0 atom stereocenters. The van der Waals surface area contributed by atoms with Crippen molar-refractivity contribution in [1.29, 1.82) is 5.26 Å². The van der Waals surface area contributed by atoms with Gasteiger partial charge in [0, 0.05) is 5.56 Å². The molecule has 1 aromatic heterocycles. The third-order valence-corrected chi connectivity index (χ3v) is 2.65. The van der Waals surface area contributed by atoms with Gasteiger partial charge >= 0.3 is 0 Å². The van der Waals surface area contributed by atoms with Gasteiger partial charge in [-0.15, -0.1) is 0 Å². The monoisotopic (exact) mass is 223 g/mol. The Hall–Kier alpha value is -2.21. The summed E-state index contributed by atoms with van der Waals surface area (Å²) in [6.45, 7) is 3.67. The molecule has 3 nitrogen and oxygen atoms in total. The molecule has 0 radical (unpaired) electrons. The van der Waals surface area contributed by atoms with Crippen molar-refractivity contribution in [1.82, 2.24) is 10.2 Å². The van der Waals surface area contributed by atoms with Crippen LogP contribution in [-0.2, 0) is 5.41 Å². The van der Waals surface area contributed by atoms with Gasteiger partial charge in [0.25, 0.3) is 0 Å². The molecule has 1 aromatic carbocycles. The van der Waals surface area contributed by atoms with Gasteiger partial charge in [0.1, 0.15) is 0 Å². The van der Waals surface area contributed by atoms with Crippen LogP contribution in [0.1, 0.15) is 19.5 Å². The van der Waals surface area contributed by atoms with Crippen LogP contribution in [0.2, 0.25) is 0 Å². The third-order valence-electron chi connectivity index (χ3n) is 2.65. The first kappa shape index (κ1) is 11.3. The number of nitriles is 1. The van der Waals surface area contributed by atoms with E-state index in [0.29, 0.717) is 5.69 Å². The lowest BCUT2D eigenvalue weighted by molar-refractivity contribution is 0.644. The molecule has 0 bridgehead atoms. The van der Waals surface area contributed by atoms with Crippen molar-refractivity contribution in [2.75, 3.05) is 0 Å². The smallest absolute Gasteiger partial charge is 0.0955 e. The average Bonchev–Trinajstić information content (AvgIpc) is 2.40. The van der Waals surface area contributed by atoms with E-state index in [1.165, 1.54) is 0 Å².